The molecule has 0 aliphatic rings. The highest BCUT2D eigenvalue weighted by molar-refractivity contribution is 9.10. The van der Waals surface area contributed by atoms with Crippen LogP contribution in [-0.4, -0.2) is 25.0 Å². The van der Waals surface area contributed by atoms with Crippen LogP contribution in [0.1, 0.15) is 11.3 Å². The molecular formula is C16H17BrN2O2. The molecule has 0 unspecified atom stereocenters. The van der Waals surface area contributed by atoms with Gasteiger partial charge >= 0.3 is 0 Å². The number of hydrogen-bond donors (Lipinski definition) is 0. The number of hydrogen-bond acceptors (Lipinski definition) is 3. The molecule has 4 nitrogen and oxygen atoms in total. The Morgan fingerprint density at radius 1 is 1.33 bits per heavy atom. The van der Waals surface area contributed by atoms with Crippen molar-refractivity contribution in [1.29, 1.82) is 0 Å². The highest BCUT2D eigenvalue weighted by Gasteiger charge is 2.15. The number of benzene rings is 1. The van der Waals surface area contributed by atoms with Gasteiger partial charge < -0.3 is 4.74 Å². The number of amides is 1. The van der Waals surface area contributed by atoms with E-state index in [-0.39, 0.29) is 12.3 Å². The minimum Gasteiger partial charge on any atom is -0.497 e. The van der Waals surface area contributed by atoms with E-state index in [4.69, 9.17) is 4.74 Å². The number of halogens is 1. The number of carbonyl (C=O) groups excluding carboxylic acids is 1. The molecule has 0 fully saturated rings. The van der Waals surface area contributed by atoms with E-state index in [9.17, 15) is 4.79 Å². The van der Waals surface area contributed by atoms with Crippen LogP contribution in [0.15, 0.2) is 40.9 Å². The third-order valence-corrected chi connectivity index (χ3v) is 3.96. The summed E-state index contributed by atoms with van der Waals surface area (Å²) in [4.78, 5) is 18.3. The summed E-state index contributed by atoms with van der Waals surface area (Å²) in [6, 6.07) is 11.2. The van der Waals surface area contributed by atoms with Crippen molar-refractivity contribution in [3.63, 3.8) is 0 Å². The number of methoxy groups -OCH3 is 1. The van der Waals surface area contributed by atoms with E-state index in [1.807, 2.05) is 43.3 Å². The van der Waals surface area contributed by atoms with Crippen LogP contribution in [0.2, 0.25) is 0 Å². The maximum absolute atomic E-state index is 12.4. The van der Waals surface area contributed by atoms with Crippen LogP contribution in [0.3, 0.4) is 0 Å². The maximum Gasteiger partial charge on any atom is 0.232 e. The molecule has 0 aliphatic heterocycles. The van der Waals surface area contributed by atoms with Crippen molar-refractivity contribution in [2.45, 2.75) is 13.3 Å². The molecule has 1 heterocycles. The molecular weight excluding hydrogens is 332 g/mol. The predicted octanol–water partition coefficient (Wildman–Crippen LogP) is 3.37. The lowest BCUT2D eigenvalue weighted by Crippen LogP contribution is -2.28. The summed E-state index contributed by atoms with van der Waals surface area (Å²) < 4.78 is 6.09. The Balaban J connectivity index is 2.18. The van der Waals surface area contributed by atoms with Gasteiger partial charge in [-0.1, -0.05) is 22.0 Å². The first-order valence-electron chi connectivity index (χ1n) is 6.54. The highest BCUT2D eigenvalue weighted by atomic mass is 79.9. The monoisotopic (exact) mass is 348 g/mol. The molecule has 1 aromatic heterocycles. The molecule has 21 heavy (non-hydrogen) atoms. The standard InChI is InChI=1S/C16H17BrN2O2/c1-11-5-4-6-15(18-11)19(2)16(20)10-12-9-13(21-3)7-8-14(12)17/h4-9H,10H2,1-3H3. The number of rotatable bonds is 4. The second-order valence-corrected chi connectivity index (χ2v) is 5.58. The summed E-state index contributed by atoms with van der Waals surface area (Å²) in [5, 5.41) is 0. The van der Waals surface area contributed by atoms with Crippen LogP contribution in [-0.2, 0) is 11.2 Å². The Morgan fingerprint density at radius 3 is 2.76 bits per heavy atom. The molecule has 110 valence electrons. The van der Waals surface area contributed by atoms with Crippen LogP contribution in [0.25, 0.3) is 0 Å². The second-order valence-electron chi connectivity index (χ2n) is 4.72. The molecule has 0 radical (unpaired) electrons. The zero-order chi connectivity index (χ0) is 15.4. The van der Waals surface area contributed by atoms with Gasteiger partial charge in [-0.3, -0.25) is 9.69 Å². The Labute approximate surface area is 132 Å². The number of nitrogens with zero attached hydrogens (tertiary/aromatic N) is 2. The zero-order valence-corrected chi connectivity index (χ0v) is 13.8. The van der Waals surface area contributed by atoms with Crippen molar-refractivity contribution in [1.82, 2.24) is 4.98 Å². The molecule has 0 aliphatic carbocycles. The summed E-state index contributed by atoms with van der Waals surface area (Å²) in [5.41, 5.74) is 1.77. The van der Waals surface area contributed by atoms with E-state index in [1.54, 1.807) is 19.1 Å². The minimum atomic E-state index is -0.0259. The zero-order valence-electron chi connectivity index (χ0n) is 12.3. The van der Waals surface area contributed by atoms with Crippen LogP contribution in [0, 0.1) is 6.92 Å². The summed E-state index contributed by atoms with van der Waals surface area (Å²) >= 11 is 3.46. The number of pyridine rings is 1. The first kappa shape index (κ1) is 15.5. The average Bonchev–Trinajstić information content (AvgIpc) is 2.48. The van der Waals surface area contributed by atoms with Gasteiger partial charge in [-0.2, -0.15) is 0 Å². The van der Waals surface area contributed by atoms with Gasteiger partial charge in [0.25, 0.3) is 0 Å². The topological polar surface area (TPSA) is 42.4 Å². The third-order valence-electron chi connectivity index (χ3n) is 3.19. The number of aryl methyl sites for hydroxylation is 1. The van der Waals surface area contributed by atoms with E-state index in [0.717, 1.165) is 21.5 Å². The Hall–Kier alpha value is -1.88. The van der Waals surface area contributed by atoms with Gasteiger partial charge in [-0.05, 0) is 42.8 Å². The van der Waals surface area contributed by atoms with Crippen molar-refractivity contribution < 1.29 is 9.53 Å². The van der Waals surface area contributed by atoms with Crippen molar-refractivity contribution in [2.24, 2.45) is 0 Å². The first-order chi connectivity index (χ1) is 10.0. The van der Waals surface area contributed by atoms with E-state index in [0.29, 0.717) is 5.82 Å². The largest absolute Gasteiger partial charge is 0.497 e. The lowest BCUT2D eigenvalue weighted by atomic mass is 10.1. The molecule has 0 atom stereocenters. The van der Waals surface area contributed by atoms with E-state index < -0.39 is 0 Å². The quantitative estimate of drug-likeness (QED) is 0.850. The summed E-state index contributed by atoms with van der Waals surface area (Å²) in [7, 11) is 3.34. The van der Waals surface area contributed by atoms with Crippen molar-refractivity contribution in [3.8, 4) is 5.75 Å². The Kier molecular flexibility index (Phi) is 4.96. The number of likely N-dealkylation sites (N-methyl/N-ethyl adjacent to an activating group) is 1. The minimum absolute atomic E-state index is 0.0259. The van der Waals surface area contributed by atoms with E-state index >= 15 is 0 Å². The fourth-order valence-corrected chi connectivity index (χ4v) is 2.33. The van der Waals surface area contributed by atoms with Crippen molar-refractivity contribution in [3.05, 3.63) is 52.1 Å². The normalized spacial score (nSPS) is 10.3. The van der Waals surface area contributed by atoms with Gasteiger partial charge in [-0.25, -0.2) is 4.98 Å². The van der Waals surface area contributed by atoms with Crippen LogP contribution in [0.5, 0.6) is 5.75 Å². The molecule has 2 aromatic rings. The first-order valence-corrected chi connectivity index (χ1v) is 7.33. The Bertz CT molecular complexity index is 658. The highest BCUT2D eigenvalue weighted by Crippen LogP contribution is 2.23. The summed E-state index contributed by atoms with van der Waals surface area (Å²) in [6.45, 7) is 1.90. The summed E-state index contributed by atoms with van der Waals surface area (Å²) in [5.74, 6) is 1.36. The molecule has 1 amide bonds. The van der Waals surface area contributed by atoms with Gasteiger partial charge in [-0.15, -0.1) is 0 Å². The van der Waals surface area contributed by atoms with Gasteiger partial charge in [0.15, 0.2) is 0 Å². The van der Waals surface area contributed by atoms with Crippen molar-refractivity contribution >= 4 is 27.7 Å². The van der Waals surface area contributed by atoms with Gasteiger partial charge in [0.1, 0.15) is 11.6 Å². The summed E-state index contributed by atoms with van der Waals surface area (Å²) in [6.07, 6.45) is 0.282. The molecule has 0 saturated carbocycles. The van der Waals surface area contributed by atoms with E-state index in [1.165, 1.54) is 0 Å². The fraction of sp³-hybridized carbons (Fsp3) is 0.250. The molecule has 0 bridgehead atoms. The smallest absolute Gasteiger partial charge is 0.232 e. The number of ether oxygens (including phenoxy) is 1. The average molecular weight is 349 g/mol. The molecule has 0 saturated heterocycles. The molecule has 0 spiro atoms. The SMILES string of the molecule is COc1ccc(Br)c(CC(=O)N(C)c2cccc(C)n2)c1. The van der Waals surface area contributed by atoms with E-state index in [2.05, 4.69) is 20.9 Å². The van der Waals surface area contributed by atoms with Gasteiger partial charge in [0.2, 0.25) is 5.91 Å². The second kappa shape index (κ2) is 6.72. The fourth-order valence-electron chi connectivity index (χ4n) is 1.94. The van der Waals surface area contributed by atoms with Crippen LogP contribution < -0.4 is 9.64 Å². The van der Waals surface area contributed by atoms with Gasteiger partial charge in [0, 0.05) is 17.2 Å². The third kappa shape index (κ3) is 3.82. The maximum atomic E-state index is 12.4. The molecule has 5 heteroatoms. The molecule has 2 rings (SSSR count). The van der Waals surface area contributed by atoms with Crippen molar-refractivity contribution in [2.75, 3.05) is 19.1 Å². The molecule has 1 aromatic carbocycles. The number of anilines is 1. The van der Waals surface area contributed by atoms with Crippen LogP contribution >= 0.6 is 15.9 Å². The number of carbonyl (C=O) groups is 1. The lowest BCUT2D eigenvalue weighted by Gasteiger charge is -2.17. The predicted molar refractivity (Wildman–Crippen MR) is 86.8 cm³/mol. The van der Waals surface area contributed by atoms with Crippen LogP contribution in [0.4, 0.5) is 5.82 Å². The lowest BCUT2D eigenvalue weighted by molar-refractivity contribution is -0.117. The molecule has 0 N–H and O–H groups in total. The van der Waals surface area contributed by atoms with Gasteiger partial charge in [0.05, 0.1) is 13.5 Å². The number of aromatic nitrogens is 1. The Morgan fingerprint density at radius 2 is 2.10 bits per heavy atom.